The number of carbonyl (C=O) groups is 1. The molecule has 2 aromatic rings. The molecule has 2 atom stereocenters. The summed E-state index contributed by atoms with van der Waals surface area (Å²) in [7, 11) is 0. The minimum atomic E-state index is -0.479. The van der Waals surface area contributed by atoms with Crippen LogP contribution in [0.1, 0.15) is 24.8 Å². The molecule has 3 rings (SSSR count). The van der Waals surface area contributed by atoms with E-state index >= 15 is 0 Å². The van der Waals surface area contributed by atoms with E-state index in [1.54, 1.807) is 6.20 Å². The van der Waals surface area contributed by atoms with Gasteiger partial charge in [-0.3, -0.25) is 9.78 Å². The maximum atomic E-state index is 12.0. The Kier molecular flexibility index (Phi) is 4.49. The Morgan fingerprint density at radius 1 is 1.18 bits per heavy atom. The molecule has 1 heterocycles. The summed E-state index contributed by atoms with van der Waals surface area (Å²) in [5, 5.41) is 12.7. The second kappa shape index (κ2) is 6.71. The Morgan fingerprint density at radius 2 is 2.00 bits per heavy atom. The van der Waals surface area contributed by atoms with Crippen molar-refractivity contribution in [2.45, 2.75) is 31.9 Å². The first kappa shape index (κ1) is 14.7. The molecule has 1 amide bonds. The van der Waals surface area contributed by atoms with Crippen LogP contribution in [0.2, 0.25) is 0 Å². The number of aromatic nitrogens is 1. The molecule has 0 bridgehead atoms. The standard InChI is InChI=1S/C18H20N2O2/c21-17-5-1-4-16(17)18(22)20-11-13-6-8-14(9-7-13)15-3-2-10-19-12-15/h2-3,6-10,12,16-17,21H,1,4-5,11H2,(H,20,22). The van der Waals surface area contributed by atoms with Crippen LogP contribution in [-0.2, 0) is 11.3 Å². The minimum Gasteiger partial charge on any atom is -0.392 e. The van der Waals surface area contributed by atoms with Gasteiger partial charge in [-0.2, -0.15) is 0 Å². The normalized spacial score (nSPS) is 20.8. The van der Waals surface area contributed by atoms with Crippen LogP contribution in [0.4, 0.5) is 0 Å². The zero-order chi connectivity index (χ0) is 15.4. The highest BCUT2D eigenvalue weighted by molar-refractivity contribution is 5.79. The van der Waals surface area contributed by atoms with Gasteiger partial charge in [-0.15, -0.1) is 0 Å². The molecule has 4 heteroatoms. The molecule has 22 heavy (non-hydrogen) atoms. The number of hydrogen-bond acceptors (Lipinski definition) is 3. The van der Waals surface area contributed by atoms with E-state index in [1.165, 1.54) is 0 Å². The summed E-state index contributed by atoms with van der Waals surface area (Å²) < 4.78 is 0. The highest BCUT2D eigenvalue weighted by Crippen LogP contribution is 2.25. The van der Waals surface area contributed by atoms with Crippen molar-refractivity contribution in [2.24, 2.45) is 5.92 Å². The maximum Gasteiger partial charge on any atom is 0.225 e. The third-order valence-electron chi connectivity index (χ3n) is 4.23. The highest BCUT2D eigenvalue weighted by Gasteiger charge is 2.31. The van der Waals surface area contributed by atoms with Crippen molar-refractivity contribution in [3.05, 3.63) is 54.4 Å². The van der Waals surface area contributed by atoms with Crippen molar-refractivity contribution in [3.63, 3.8) is 0 Å². The van der Waals surface area contributed by atoms with E-state index in [-0.39, 0.29) is 11.8 Å². The Balaban J connectivity index is 1.58. The number of aliphatic hydroxyl groups is 1. The number of rotatable bonds is 4. The number of pyridine rings is 1. The van der Waals surface area contributed by atoms with Gasteiger partial charge in [0.2, 0.25) is 5.91 Å². The van der Waals surface area contributed by atoms with E-state index < -0.39 is 6.10 Å². The van der Waals surface area contributed by atoms with Crippen LogP contribution in [0, 0.1) is 5.92 Å². The topological polar surface area (TPSA) is 62.2 Å². The van der Waals surface area contributed by atoms with Gasteiger partial charge in [0.05, 0.1) is 12.0 Å². The molecule has 1 aromatic carbocycles. The molecule has 4 nitrogen and oxygen atoms in total. The van der Waals surface area contributed by atoms with E-state index in [4.69, 9.17) is 0 Å². The molecular formula is C18H20N2O2. The maximum absolute atomic E-state index is 12.0. The molecule has 1 aliphatic carbocycles. The lowest BCUT2D eigenvalue weighted by Gasteiger charge is -2.14. The van der Waals surface area contributed by atoms with Crippen LogP contribution in [0.3, 0.4) is 0 Å². The van der Waals surface area contributed by atoms with E-state index in [1.807, 2.05) is 42.6 Å². The predicted octanol–water partition coefficient (Wildman–Crippen LogP) is 2.53. The van der Waals surface area contributed by atoms with Crippen molar-refractivity contribution < 1.29 is 9.90 Å². The van der Waals surface area contributed by atoms with E-state index in [0.29, 0.717) is 6.54 Å². The van der Waals surface area contributed by atoms with Gasteiger partial charge in [0, 0.05) is 18.9 Å². The van der Waals surface area contributed by atoms with Gasteiger partial charge in [-0.05, 0) is 42.0 Å². The Bertz CT molecular complexity index is 625. The fourth-order valence-corrected chi connectivity index (χ4v) is 2.92. The highest BCUT2D eigenvalue weighted by atomic mass is 16.3. The smallest absolute Gasteiger partial charge is 0.225 e. The number of aliphatic hydroxyl groups excluding tert-OH is 1. The van der Waals surface area contributed by atoms with Crippen molar-refractivity contribution in [1.29, 1.82) is 0 Å². The number of hydrogen-bond donors (Lipinski definition) is 2. The van der Waals surface area contributed by atoms with Crippen LogP contribution in [0.25, 0.3) is 11.1 Å². The average molecular weight is 296 g/mol. The SMILES string of the molecule is O=C(NCc1ccc(-c2cccnc2)cc1)C1CCCC1O. The number of nitrogens with one attached hydrogen (secondary N) is 1. The lowest BCUT2D eigenvalue weighted by Crippen LogP contribution is -2.34. The fourth-order valence-electron chi connectivity index (χ4n) is 2.92. The van der Waals surface area contributed by atoms with E-state index in [0.717, 1.165) is 36.0 Å². The van der Waals surface area contributed by atoms with Crippen molar-refractivity contribution in [3.8, 4) is 11.1 Å². The van der Waals surface area contributed by atoms with Crippen LogP contribution in [0.5, 0.6) is 0 Å². The number of amides is 1. The summed E-state index contributed by atoms with van der Waals surface area (Å²) in [5.41, 5.74) is 3.23. The van der Waals surface area contributed by atoms with Gasteiger partial charge in [0.25, 0.3) is 0 Å². The second-order valence-corrected chi connectivity index (χ2v) is 5.76. The third-order valence-corrected chi connectivity index (χ3v) is 4.23. The van der Waals surface area contributed by atoms with Crippen LogP contribution in [-0.4, -0.2) is 22.1 Å². The molecule has 0 aliphatic heterocycles. The third kappa shape index (κ3) is 3.34. The number of nitrogens with zero attached hydrogens (tertiary/aromatic N) is 1. The fraction of sp³-hybridized carbons (Fsp3) is 0.333. The first-order valence-corrected chi connectivity index (χ1v) is 7.69. The first-order chi connectivity index (χ1) is 10.7. The number of carbonyl (C=O) groups excluding carboxylic acids is 1. The molecular weight excluding hydrogens is 276 g/mol. The average Bonchev–Trinajstić information content (AvgIpc) is 3.00. The monoisotopic (exact) mass is 296 g/mol. The first-order valence-electron chi connectivity index (χ1n) is 7.69. The quantitative estimate of drug-likeness (QED) is 0.911. The van der Waals surface area contributed by atoms with Crippen molar-refractivity contribution >= 4 is 5.91 Å². The largest absolute Gasteiger partial charge is 0.392 e. The van der Waals surface area contributed by atoms with Gasteiger partial charge < -0.3 is 10.4 Å². The molecule has 1 saturated carbocycles. The zero-order valence-electron chi connectivity index (χ0n) is 12.4. The van der Waals surface area contributed by atoms with Crippen LogP contribution in [0.15, 0.2) is 48.8 Å². The molecule has 1 fully saturated rings. The van der Waals surface area contributed by atoms with Crippen LogP contribution < -0.4 is 5.32 Å². The Hall–Kier alpha value is -2.20. The second-order valence-electron chi connectivity index (χ2n) is 5.76. The van der Waals surface area contributed by atoms with Gasteiger partial charge in [0.15, 0.2) is 0 Å². The van der Waals surface area contributed by atoms with Crippen molar-refractivity contribution in [1.82, 2.24) is 10.3 Å². The summed E-state index contributed by atoms with van der Waals surface area (Å²) in [6, 6.07) is 12.0. The van der Waals surface area contributed by atoms with E-state index in [2.05, 4.69) is 10.3 Å². The lowest BCUT2D eigenvalue weighted by molar-refractivity contribution is -0.127. The molecule has 2 unspecified atom stereocenters. The Morgan fingerprint density at radius 3 is 2.64 bits per heavy atom. The number of benzene rings is 1. The Labute approximate surface area is 130 Å². The molecule has 0 radical (unpaired) electrons. The molecule has 0 spiro atoms. The van der Waals surface area contributed by atoms with Gasteiger partial charge in [0.1, 0.15) is 0 Å². The van der Waals surface area contributed by atoms with Gasteiger partial charge in [-0.1, -0.05) is 30.3 Å². The van der Waals surface area contributed by atoms with Gasteiger partial charge in [-0.25, -0.2) is 0 Å². The molecule has 0 saturated heterocycles. The molecule has 1 aromatic heterocycles. The predicted molar refractivity (Wildman–Crippen MR) is 84.9 cm³/mol. The van der Waals surface area contributed by atoms with Gasteiger partial charge >= 0.3 is 0 Å². The summed E-state index contributed by atoms with van der Waals surface area (Å²) in [6.45, 7) is 0.495. The summed E-state index contributed by atoms with van der Waals surface area (Å²) in [5.74, 6) is -0.281. The molecule has 2 N–H and O–H groups in total. The summed E-state index contributed by atoms with van der Waals surface area (Å²) >= 11 is 0. The van der Waals surface area contributed by atoms with E-state index in [9.17, 15) is 9.90 Å². The van der Waals surface area contributed by atoms with Crippen molar-refractivity contribution in [2.75, 3.05) is 0 Å². The molecule has 114 valence electrons. The molecule has 1 aliphatic rings. The summed E-state index contributed by atoms with van der Waals surface area (Å²) in [6.07, 6.45) is 5.56. The lowest BCUT2D eigenvalue weighted by atomic mass is 10.0. The zero-order valence-corrected chi connectivity index (χ0v) is 12.4. The van der Waals surface area contributed by atoms with Crippen LogP contribution >= 0.6 is 0 Å². The minimum absolute atomic E-state index is 0.0404. The summed E-state index contributed by atoms with van der Waals surface area (Å²) in [4.78, 5) is 16.2.